The maximum absolute atomic E-state index is 12.1. The van der Waals surface area contributed by atoms with E-state index in [4.69, 9.17) is 0 Å². The number of aromatic nitrogens is 1. The van der Waals surface area contributed by atoms with E-state index in [-0.39, 0.29) is 23.4 Å². The minimum atomic E-state index is -0.182. The van der Waals surface area contributed by atoms with Crippen molar-refractivity contribution in [1.82, 2.24) is 9.88 Å². The van der Waals surface area contributed by atoms with Gasteiger partial charge >= 0.3 is 0 Å². The topological polar surface area (TPSA) is 33.2 Å². The number of hydrogen-bond acceptors (Lipinski definition) is 2. The standard InChI is InChI=1S/C14H18N2O/c1-5-10-12(11-8-6-7-9-15-11)16(13(10)17)14(2,3)4/h5-10,12H,1H2,2-4H3/t10-,12-/m0/s1. The van der Waals surface area contributed by atoms with E-state index >= 15 is 0 Å². The summed E-state index contributed by atoms with van der Waals surface area (Å²) in [5, 5.41) is 0. The van der Waals surface area contributed by atoms with Crippen molar-refractivity contribution in [3.05, 3.63) is 42.7 Å². The van der Waals surface area contributed by atoms with E-state index in [0.717, 1.165) is 5.69 Å². The van der Waals surface area contributed by atoms with Gasteiger partial charge in [-0.3, -0.25) is 9.78 Å². The molecule has 0 spiro atoms. The van der Waals surface area contributed by atoms with Gasteiger partial charge in [-0.2, -0.15) is 0 Å². The maximum Gasteiger partial charge on any atom is 0.233 e. The molecule has 1 aliphatic rings. The van der Waals surface area contributed by atoms with Crippen LogP contribution in [0.1, 0.15) is 32.5 Å². The summed E-state index contributed by atoms with van der Waals surface area (Å²) in [6.45, 7) is 9.88. The average Bonchev–Trinajstić information content (AvgIpc) is 2.25. The molecule has 1 amide bonds. The molecule has 1 fully saturated rings. The van der Waals surface area contributed by atoms with Crippen LogP contribution in [0.2, 0.25) is 0 Å². The first-order valence-electron chi connectivity index (χ1n) is 5.83. The normalized spacial score (nSPS) is 24.4. The van der Waals surface area contributed by atoms with Crippen molar-refractivity contribution in [1.29, 1.82) is 0 Å². The van der Waals surface area contributed by atoms with Crippen molar-refractivity contribution in [2.24, 2.45) is 5.92 Å². The Labute approximate surface area is 102 Å². The fourth-order valence-electron chi connectivity index (χ4n) is 2.36. The lowest BCUT2D eigenvalue weighted by molar-refractivity contribution is -0.162. The van der Waals surface area contributed by atoms with Crippen molar-refractivity contribution in [3.63, 3.8) is 0 Å². The highest BCUT2D eigenvalue weighted by Gasteiger charge is 2.51. The molecule has 0 radical (unpaired) electrons. The minimum Gasteiger partial charge on any atom is -0.328 e. The lowest BCUT2D eigenvalue weighted by Gasteiger charge is -2.52. The number of nitrogens with zero attached hydrogens (tertiary/aromatic N) is 2. The molecule has 17 heavy (non-hydrogen) atoms. The van der Waals surface area contributed by atoms with Gasteiger partial charge in [0.15, 0.2) is 0 Å². The molecule has 1 aromatic heterocycles. The van der Waals surface area contributed by atoms with Gasteiger partial charge < -0.3 is 4.90 Å². The fourth-order valence-corrected chi connectivity index (χ4v) is 2.36. The molecule has 1 saturated heterocycles. The maximum atomic E-state index is 12.1. The zero-order valence-electron chi connectivity index (χ0n) is 10.6. The molecular formula is C14H18N2O. The van der Waals surface area contributed by atoms with Gasteiger partial charge in [0.25, 0.3) is 0 Å². The van der Waals surface area contributed by atoms with Crippen molar-refractivity contribution in [3.8, 4) is 0 Å². The van der Waals surface area contributed by atoms with E-state index in [1.807, 2.05) is 43.9 Å². The number of amides is 1. The molecule has 2 atom stereocenters. The van der Waals surface area contributed by atoms with Gasteiger partial charge in [0.1, 0.15) is 0 Å². The van der Waals surface area contributed by atoms with E-state index in [1.165, 1.54) is 0 Å². The molecule has 90 valence electrons. The molecule has 3 nitrogen and oxygen atoms in total. The number of carbonyl (C=O) groups excluding carboxylic acids is 1. The second-order valence-corrected chi connectivity index (χ2v) is 5.34. The Morgan fingerprint density at radius 1 is 1.41 bits per heavy atom. The monoisotopic (exact) mass is 230 g/mol. The zero-order chi connectivity index (χ0) is 12.6. The Morgan fingerprint density at radius 3 is 2.59 bits per heavy atom. The number of rotatable bonds is 2. The van der Waals surface area contributed by atoms with Gasteiger partial charge in [0, 0.05) is 11.7 Å². The Balaban J connectivity index is 2.36. The van der Waals surface area contributed by atoms with Crippen molar-refractivity contribution in [2.45, 2.75) is 32.4 Å². The lowest BCUT2D eigenvalue weighted by atomic mass is 9.80. The molecule has 0 bridgehead atoms. The van der Waals surface area contributed by atoms with Gasteiger partial charge in [-0.1, -0.05) is 12.1 Å². The van der Waals surface area contributed by atoms with E-state index in [1.54, 1.807) is 12.3 Å². The molecule has 0 saturated carbocycles. The predicted octanol–water partition coefficient (Wildman–Crippen LogP) is 2.57. The van der Waals surface area contributed by atoms with Crippen LogP contribution < -0.4 is 0 Å². The van der Waals surface area contributed by atoms with Crippen LogP contribution in [-0.4, -0.2) is 21.3 Å². The Bertz CT molecular complexity index is 433. The molecule has 1 aliphatic heterocycles. The summed E-state index contributed by atoms with van der Waals surface area (Å²) in [6.07, 6.45) is 3.49. The molecule has 0 aliphatic carbocycles. The summed E-state index contributed by atoms with van der Waals surface area (Å²) in [6, 6.07) is 5.83. The molecule has 2 heterocycles. The number of carbonyl (C=O) groups is 1. The third-order valence-electron chi connectivity index (χ3n) is 3.11. The van der Waals surface area contributed by atoms with Crippen LogP contribution in [0, 0.1) is 5.92 Å². The van der Waals surface area contributed by atoms with Gasteiger partial charge in [-0.05, 0) is 32.9 Å². The van der Waals surface area contributed by atoms with E-state index in [9.17, 15) is 4.79 Å². The molecule has 3 heteroatoms. The van der Waals surface area contributed by atoms with E-state index in [2.05, 4.69) is 11.6 Å². The van der Waals surface area contributed by atoms with Crippen molar-refractivity contribution in [2.75, 3.05) is 0 Å². The Kier molecular flexibility index (Phi) is 2.77. The van der Waals surface area contributed by atoms with E-state index in [0.29, 0.717) is 0 Å². The van der Waals surface area contributed by atoms with Crippen molar-refractivity contribution < 1.29 is 4.79 Å². The smallest absolute Gasteiger partial charge is 0.233 e. The summed E-state index contributed by atoms with van der Waals surface area (Å²) in [4.78, 5) is 18.3. The summed E-state index contributed by atoms with van der Waals surface area (Å²) >= 11 is 0. The van der Waals surface area contributed by atoms with Crippen LogP contribution in [0.4, 0.5) is 0 Å². The van der Waals surface area contributed by atoms with Crippen LogP contribution in [0.5, 0.6) is 0 Å². The SMILES string of the molecule is C=C[C@@H]1C(=O)N(C(C)(C)C)[C@@H]1c1ccccn1. The highest BCUT2D eigenvalue weighted by atomic mass is 16.2. The zero-order valence-corrected chi connectivity index (χ0v) is 10.6. The highest BCUT2D eigenvalue weighted by molar-refractivity contribution is 5.88. The molecule has 1 aromatic rings. The van der Waals surface area contributed by atoms with Crippen LogP contribution in [0.25, 0.3) is 0 Å². The summed E-state index contributed by atoms with van der Waals surface area (Å²) in [5.41, 5.74) is 0.755. The van der Waals surface area contributed by atoms with Gasteiger partial charge in [0.2, 0.25) is 5.91 Å². The molecule has 0 N–H and O–H groups in total. The summed E-state index contributed by atoms with van der Waals surface area (Å²) in [7, 11) is 0. The highest BCUT2D eigenvalue weighted by Crippen LogP contribution is 2.44. The van der Waals surface area contributed by atoms with Crippen LogP contribution in [-0.2, 0) is 4.79 Å². The number of hydrogen-bond donors (Lipinski definition) is 0. The number of β-lactam (4-membered cyclic amide) rings is 1. The summed E-state index contributed by atoms with van der Waals surface area (Å²) in [5.74, 6) is 0.00674. The fraction of sp³-hybridized carbons (Fsp3) is 0.429. The van der Waals surface area contributed by atoms with Gasteiger partial charge in [0.05, 0.1) is 17.7 Å². The van der Waals surface area contributed by atoms with Gasteiger partial charge in [-0.25, -0.2) is 0 Å². The van der Waals surface area contributed by atoms with Crippen LogP contribution in [0.15, 0.2) is 37.1 Å². The summed E-state index contributed by atoms with van der Waals surface area (Å²) < 4.78 is 0. The first-order chi connectivity index (χ1) is 7.96. The minimum absolute atomic E-state index is 0.0289. The van der Waals surface area contributed by atoms with Gasteiger partial charge in [-0.15, -0.1) is 6.58 Å². The number of likely N-dealkylation sites (tertiary alicyclic amines) is 1. The molecule has 0 unspecified atom stereocenters. The molecule has 0 aromatic carbocycles. The quantitative estimate of drug-likeness (QED) is 0.578. The first kappa shape index (κ1) is 11.8. The average molecular weight is 230 g/mol. The van der Waals surface area contributed by atoms with Crippen LogP contribution in [0.3, 0.4) is 0 Å². The third kappa shape index (κ3) is 1.86. The third-order valence-corrected chi connectivity index (χ3v) is 3.11. The lowest BCUT2D eigenvalue weighted by Crippen LogP contribution is -2.61. The van der Waals surface area contributed by atoms with E-state index < -0.39 is 0 Å². The Hall–Kier alpha value is -1.64. The second-order valence-electron chi connectivity index (χ2n) is 5.34. The predicted molar refractivity (Wildman–Crippen MR) is 67.3 cm³/mol. The largest absolute Gasteiger partial charge is 0.328 e. The Morgan fingerprint density at radius 2 is 2.12 bits per heavy atom. The molecule has 2 rings (SSSR count). The molecular weight excluding hydrogens is 212 g/mol. The van der Waals surface area contributed by atoms with Crippen molar-refractivity contribution >= 4 is 5.91 Å². The number of pyridine rings is 1. The first-order valence-corrected chi connectivity index (χ1v) is 5.83. The second kappa shape index (κ2) is 3.99. The van der Waals surface area contributed by atoms with Crippen LogP contribution >= 0.6 is 0 Å².